The molecule has 3 saturated carbocycles. The average molecular weight is 2040 g/mol. The van der Waals surface area contributed by atoms with E-state index in [9.17, 15) is 60.7 Å². The Kier molecular flexibility index (Phi) is 32.4. The highest BCUT2D eigenvalue weighted by Crippen LogP contribution is 2.44. The lowest BCUT2D eigenvalue weighted by molar-refractivity contribution is -0.385. The van der Waals surface area contributed by atoms with Crippen LogP contribution in [0.25, 0.3) is 0 Å². The van der Waals surface area contributed by atoms with Crippen LogP contribution in [0.15, 0.2) is 294 Å². The van der Waals surface area contributed by atoms with Gasteiger partial charge in [0.2, 0.25) is 0 Å². The van der Waals surface area contributed by atoms with Crippen LogP contribution < -0.4 is 35.2 Å². The maximum atomic E-state index is 13.9. The van der Waals surface area contributed by atoms with Gasteiger partial charge in [0.25, 0.3) is 46.2 Å². The predicted octanol–water partition coefficient (Wildman–Crippen LogP) is 20.4. The number of nitrogens with two attached hydrogens (primary N) is 1. The zero-order chi connectivity index (χ0) is 107. The second kappa shape index (κ2) is 47.9. The summed E-state index contributed by atoms with van der Waals surface area (Å²) in [5.74, 6) is 3.56. The third kappa shape index (κ3) is 31.9. The maximum Gasteiger partial charge on any atom is 0.498 e. The Labute approximate surface area is 823 Å². The number of aliphatic hydroxyl groups is 1. The van der Waals surface area contributed by atoms with Crippen LogP contribution in [0.2, 0.25) is 0 Å². The highest BCUT2D eigenvalue weighted by Gasteiger charge is 2.53. The van der Waals surface area contributed by atoms with Gasteiger partial charge in [0.15, 0.2) is 0 Å². The SMILES string of the molecule is CC1(C)OB(c2cn[nH]c2)OC1(C)C.C[C@H](Cc1cccc(OCc2ccccc2)c1)N(c1ccc(C2CC2)cc1)S(=O)(=O)c1ccc([N+](=O)[O-])cc1.C[C@H](O)Cc1cccc(OCc2ccccc2)c1.Nc1ccc(C2CC2)cc1.O=[N+]([O-])c1ccc(S(=O)(=O)Cl)cc1.O=[N+]([O-])c1ccc(S(=O)(=O)Nc2ccc(C3CC3)cc2)cc1.[2H]C([2H])([2H])C([2H])([2H])I.[2H]C([2H])([2H])C([2H])([2H])n1cc(B2OC(C)(C)C(C)(C)O2)cn1. The molecule has 0 amide bonds. The number of nitro benzene ring substituents is 3. The molecule has 4 heterocycles. The molecule has 5 N–H and O–H groups in total. The van der Waals surface area contributed by atoms with E-state index in [-0.39, 0.29) is 56.2 Å². The van der Waals surface area contributed by atoms with Gasteiger partial charge in [-0.25, -0.2) is 25.3 Å². The van der Waals surface area contributed by atoms with Gasteiger partial charge in [-0.15, -0.1) is 0 Å². The molecule has 0 bridgehead atoms. The van der Waals surface area contributed by atoms with Gasteiger partial charge >= 0.3 is 14.2 Å². The van der Waals surface area contributed by atoms with Gasteiger partial charge in [0.05, 0.1) is 66.4 Å². The Morgan fingerprint density at radius 1 is 0.548 bits per heavy atom. The van der Waals surface area contributed by atoms with Crippen molar-refractivity contribution in [3.8, 4) is 11.5 Å². The number of halogens is 2. The molecule has 0 radical (unpaired) electrons. The number of ether oxygens (including phenoxy) is 2. The summed E-state index contributed by atoms with van der Waals surface area (Å²) in [4.78, 5) is 30.0. The van der Waals surface area contributed by atoms with Crippen molar-refractivity contribution >= 4 is 122 Å². The third-order valence-electron chi connectivity index (χ3n) is 22.7. The summed E-state index contributed by atoms with van der Waals surface area (Å²) in [7, 11) is -7.56. The topological polar surface area (TPSA) is 395 Å². The molecule has 714 valence electrons. The number of aryl methyl sites for hydroxylation is 1. The highest BCUT2D eigenvalue weighted by molar-refractivity contribution is 14.1. The first-order valence-corrected chi connectivity index (χ1v) is 49.5. The molecule has 29 nitrogen and oxygen atoms in total. The van der Waals surface area contributed by atoms with Crippen molar-refractivity contribution in [3.63, 3.8) is 0 Å². The number of rotatable bonds is 27. The third-order valence-corrected chi connectivity index (χ3v) is 27.5. The van der Waals surface area contributed by atoms with Crippen LogP contribution in [0.1, 0.15) is 192 Å². The minimum atomic E-state index is -4.01. The molecule has 17 rings (SSSR count). The van der Waals surface area contributed by atoms with E-state index in [4.69, 9.17) is 58.2 Å². The molecular weight excluding hydrogens is 1910 g/mol. The second-order valence-corrected chi connectivity index (χ2v) is 41.0. The largest absolute Gasteiger partial charge is 0.498 e. The van der Waals surface area contributed by atoms with Gasteiger partial charge in [-0.05, 0) is 286 Å². The second-order valence-electron chi connectivity index (χ2n) is 34.4. The number of nitro groups is 3. The van der Waals surface area contributed by atoms with E-state index in [0.717, 1.165) is 86.9 Å². The molecule has 0 unspecified atom stereocenters. The summed E-state index contributed by atoms with van der Waals surface area (Å²) >= 11 is 1.25. The number of aromatic amines is 1. The first-order chi connectivity index (χ1) is 67.7. The molecule has 2 atom stereocenters. The van der Waals surface area contributed by atoms with Crippen molar-refractivity contribution < 1.29 is 86.9 Å². The van der Waals surface area contributed by atoms with Crippen molar-refractivity contribution in [3.05, 3.63) is 349 Å². The zero-order valence-corrected chi connectivity index (χ0v) is 81.5. The van der Waals surface area contributed by atoms with E-state index in [1.165, 1.54) is 130 Å². The Hall–Kier alpha value is -11.4. The molecule has 12 aromatic rings. The van der Waals surface area contributed by atoms with Crippen molar-refractivity contribution in [1.29, 1.82) is 0 Å². The number of nitrogens with one attached hydrogen (secondary N) is 2. The summed E-state index contributed by atoms with van der Waals surface area (Å²) in [6, 6.07) is 72.5. The summed E-state index contributed by atoms with van der Waals surface area (Å²) in [6.07, 6.45) is 14.4. The fraction of sp³-hybridized carbons (Fsp3) is 0.333. The van der Waals surface area contributed by atoms with E-state index in [2.05, 4.69) is 32.2 Å². The smallest absolute Gasteiger partial charge is 0.489 e. The van der Waals surface area contributed by atoms with E-state index in [1.807, 2.05) is 220 Å². The van der Waals surface area contributed by atoms with Crippen molar-refractivity contribution in [2.75, 3.05) is 19.1 Å². The number of H-pyrrole nitrogens is 1. The standard InChI is InChI=1S/C31H30N2O5S.C16H18O2.C15H14N2O4S.C11H19BN2O2.C9H15BN2O2.C9H11N.C6H4ClNO4S.C2H5I/c1-23(20-25-8-5-9-30(21-25)38-22-24-6-3-2-4-7-24)32(28-14-12-27(13-15-28)26-10-11-26)39(36,37)31-18-16-29(17-19-31)33(34)35;1-13(17)10-15-8-5-9-16(11-15)18-12-14-6-3-2-4-7-14;18-17(19)14-7-9-15(10-8-14)22(20,21)16-13-5-3-12(4-6-13)11-1-2-11;1-6-14-8-9(7-13-14)12-15-10(2,3)11(4,5)16-12;1-8(2)9(3,4)14-10(13-8)7-5-11-12-6-7;10-9-5-3-8(4-6-9)7-1-2-7;7-13(11,12)6-3-1-5(2-4-6)8(9)10;1-2-3/h2-9,12-19,21,23,26H,10-11,20,22H2,1H3;2-9,11,13,17H,10,12H2,1H3;3-11,16H,1-2H2;7-8H,6H2,1-5H3;5-6H,1-4H3,(H,11,12);3-7H,1-2,10H2;1-4H;2H2,1H3/t23-;13-;;;;;;/m10....../s1/i;;;1D3,6D2;;;;1D3,2D2. The zero-order valence-electron chi connectivity index (χ0n) is 86.2. The summed E-state index contributed by atoms with van der Waals surface area (Å²) < 4.78 is 181. The number of aliphatic hydroxyl groups excluding tert-OH is 1. The number of non-ortho nitro benzene ring substituents is 3. The van der Waals surface area contributed by atoms with Crippen LogP contribution in [0.5, 0.6) is 11.5 Å². The van der Waals surface area contributed by atoms with Crippen LogP contribution in [0.4, 0.5) is 34.1 Å². The Bertz CT molecular complexity index is 6590. The first kappa shape index (κ1) is 91.4. The average Bonchev–Trinajstić information content (AvgIpc) is 1.69. The first-order valence-electron chi connectivity index (χ1n) is 48.2. The van der Waals surface area contributed by atoms with Crippen LogP contribution >= 0.6 is 33.3 Å². The summed E-state index contributed by atoms with van der Waals surface area (Å²) in [6.45, 7) is 12.5. The number of anilines is 3. The van der Waals surface area contributed by atoms with Crippen LogP contribution in [-0.4, -0.2) is 118 Å². The molecule has 5 aliphatic rings. The highest BCUT2D eigenvalue weighted by atomic mass is 127. The Morgan fingerprint density at radius 2 is 0.941 bits per heavy atom. The molecule has 10 aromatic carbocycles. The number of alkyl halides is 1. The van der Waals surface area contributed by atoms with Crippen molar-refractivity contribution in [1.82, 2.24) is 20.0 Å². The van der Waals surface area contributed by atoms with Gasteiger partial charge in [0.1, 0.15) is 24.7 Å². The minimum absolute atomic E-state index is 0.00571. The van der Waals surface area contributed by atoms with E-state index >= 15 is 0 Å². The van der Waals surface area contributed by atoms with Crippen molar-refractivity contribution in [2.24, 2.45) is 0 Å². The number of hydrogen-bond donors (Lipinski definition) is 4. The Balaban J connectivity index is 0.000000178. The monoisotopic (exact) mass is 2040 g/mol. The molecule has 0 spiro atoms. The lowest BCUT2D eigenvalue weighted by atomic mass is 9.82. The van der Waals surface area contributed by atoms with E-state index < -0.39 is 92.8 Å². The van der Waals surface area contributed by atoms with Crippen LogP contribution in [0, 0.1) is 30.3 Å². The molecule has 2 saturated heterocycles. The van der Waals surface area contributed by atoms with Crippen LogP contribution in [-0.2, 0) is 80.3 Å². The Morgan fingerprint density at radius 3 is 1.33 bits per heavy atom. The molecule has 2 aliphatic heterocycles. The number of sulfonamides is 2. The summed E-state index contributed by atoms with van der Waals surface area (Å²) in [5.41, 5.74) is 14.9. The number of hydrogen-bond acceptors (Lipinski definition) is 22. The molecule has 36 heteroatoms. The van der Waals surface area contributed by atoms with Gasteiger partial charge in [-0.1, -0.05) is 151 Å². The van der Waals surface area contributed by atoms with Gasteiger partial charge < -0.3 is 38.9 Å². The predicted molar refractivity (Wildman–Crippen MR) is 538 cm³/mol. The molecule has 5 fully saturated rings. The summed E-state index contributed by atoms with van der Waals surface area (Å²) in [5, 5.41) is 51.7. The van der Waals surface area contributed by atoms with Gasteiger partial charge in [-0.2, -0.15) is 10.2 Å². The molecular formula is C99H116B2ClIN10O19S3. The normalized spacial score (nSPS) is 17.2. The number of aromatic nitrogens is 4. The maximum absolute atomic E-state index is 13.9. The lowest BCUT2D eigenvalue weighted by Crippen LogP contribution is -2.41. The van der Waals surface area contributed by atoms with Gasteiger partial charge in [-0.3, -0.25) is 49.2 Å². The van der Waals surface area contributed by atoms with Gasteiger partial charge in [0, 0.05) is 118 Å². The number of nitrogen functional groups attached to an aromatic ring is 1. The molecule has 3 aliphatic carbocycles. The number of benzene rings is 10. The lowest BCUT2D eigenvalue weighted by Gasteiger charge is -2.32. The molecule has 2 aromatic heterocycles. The van der Waals surface area contributed by atoms with E-state index in [0.29, 0.717) is 60.5 Å². The van der Waals surface area contributed by atoms with Crippen molar-refractivity contribution in [2.45, 2.75) is 221 Å². The minimum Gasteiger partial charge on any atom is -0.489 e. The quantitative estimate of drug-likeness (QED) is 0.00706. The molecule has 135 heavy (non-hydrogen) atoms. The fourth-order valence-electron chi connectivity index (χ4n) is 13.5. The van der Waals surface area contributed by atoms with Crippen LogP contribution in [0.3, 0.4) is 0 Å². The van der Waals surface area contributed by atoms with E-state index in [1.54, 1.807) is 31.5 Å². The fourth-order valence-corrected chi connectivity index (χ4v) is 17.0. The number of nitrogens with zero attached hydrogens (tertiary/aromatic N) is 7.